The molecule has 0 aliphatic heterocycles. The maximum absolute atomic E-state index is 12.4. The summed E-state index contributed by atoms with van der Waals surface area (Å²) >= 11 is 0. The second kappa shape index (κ2) is 10.5. The Labute approximate surface area is 167 Å². The monoisotopic (exact) mass is 382 g/mol. The predicted octanol–water partition coefficient (Wildman–Crippen LogP) is 3.91. The summed E-state index contributed by atoms with van der Waals surface area (Å²) in [5.74, 6) is -0.0550. The van der Waals surface area contributed by atoms with E-state index in [1.54, 1.807) is 0 Å². The van der Waals surface area contributed by atoms with Gasteiger partial charge in [-0.15, -0.1) is 0 Å². The highest BCUT2D eigenvalue weighted by Crippen LogP contribution is 2.27. The van der Waals surface area contributed by atoms with Crippen LogP contribution >= 0.6 is 0 Å². The van der Waals surface area contributed by atoms with Gasteiger partial charge >= 0.3 is 6.03 Å². The number of likely N-dealkylation sites (N-methyl/N-ethyl adjacent to an activating group) is 1. The fourth-order valence-corrected chi connectivity index (χ4v) is 2.95. The molecule has 0 saturated heterocycles. The van der Waals surface area contributed by atoms with Gasteiger partial charge in [0.1, 0.15) is 0 Å². The molecule has 6 nitrogen and oxygen atoms in total. The first-order chi connectivity index (χ1) is 13.4. The first-order valence-electron chi connectivity index (χ1n) is 9.65. The van der Waals surface area contributed by atoms with E-state index in [0.29, 0.717) is 18.8 Å². The van der Waals surface area contributed by atoms with Crippen molar-refractivity contribution in [1.82, 2.24) is 10.2 Å². The van der Waals surface area contributed by atoms with E-state index in [0.717, 1.165) is 35.5 Å². The molecule has 0 spiro atoms. The quantitative estimate of drug-likeness (QED) is 0.648. The lowest BCUT2D eigenvalue weighted by molar-refractivity contribution is -0.117. The van der Waals surface area contributed by atoms with Gasteiger partial charge in [-0.3, -0.25) is 9.69 Å². The third-order valence-corrected chi connectivity index (χ3v) is 4.74. The van der Waals surface area contributed by atoms with Crippen LogP contribution in [0.15, 0.2) is 42.5 Å². The zero-order chi connectivity index (χ0) is 20.5. The SMILES string of the molecule is CCN(CC)CC(=O)Nc1c(C)ccc(NC(=O)NCc2ccccc2)c1C. The first kappa shape index (κ1) is 21.4. The van der Waals surface area contributed by atoms with E-state index >= 15 is 0 Å². The predicted molar refractivity (Wildman–Crippen MR) is 115 cm³/mol. The minimum atomic E-state index is -0.281. The van der Waals surface area contributed by atoms with Gasteiger partial charge in [-0.25, -0.2) is 4.79 Å². The van der Waals surface area contributed by atoms with Crippen molar-refractivity contribution in [2.45, 2.75) is 34.2 Å². The Morgan fingerprint density at radius 1 is 0.929 bits per heavy atom. The average molecular weight is 383 g/mol. The minimum absolute atomic E-state index is 0.0550. The minimum Gasteiger partial charge on any atom is -0.334 e. The summed E-state index contributed by atoms with van der Waals surface area (Å²) in [6.07, 6.45) is 0. The zero-order valence-electron chi connectivity index (χ0n) is 17.1. The first-order valence-corrected chi connectivity index (χ1v) is 9.65. The Hall–Kier alpha value is -2.86. The van der Waals surface area contributed by atoms with Crippen LogP contribution in [0.4, 0.5) is 16.2 Å². The third kappa shape index (κ3) is 6.09. The average Bonchev–Trinajstić information content (AvgIpc) is 2.70. The molecule has 3 amide bonds. The van der Waals surface area contributed by atoms with Crippen LogP contribution in [0.1, 0.15) is 30.5 Å². The van der Waals surface area contributed by atoms with Crippen molar-refractivity contribution in [2.75, 3.05) is 30.3 Å². The highest BCUT2D eigenvalue weighted by Gasteiger charge is 2.14. The highest BCUT2D eigenvalue weighted by atomic mass is 16.2. The number of rotatable bonds is 8. The number of nitrogens with one attached hydrogen (secondary N) is 3. The molecule has 0 saturated carbocycles. The number of nitrogens with zero attached hydrogens (tertiary/aromatic N) is 1. The van der Waals surface area contributed by atoms with E-state index in [4.69, 9.17) is 0 Å². The second-order valence-corrected chi connectivity index (χ2v) is 6.73. The maximum Gasteiger partial charge on any atom is 0.319 e. The Balaban J connectivity index is 2.02. The summed E-state index contributed by atoms with van der Waals surface area (Å²) in [4.78, 5) is 26.7. The number of benzene rings is 2. The normalized spacial score (nSPS) is 10.6. The molecule has 2 rings (SSSR count). The van der Waals surface area contributed by atoms with Gasteiger partial charge in [-0.05, 0) is 49.7 Å². The molecule has 0 heterocycles. The molecule has 3 N–H and O–H groups in total. The molecule has 0 bridgehead atoms. The number of carbonyl (C=O) groups is 2. The molecular formula is C22H30N4O2. The van der Waals surface area contributed by atoms with Gasteiger partial charge < -0.3 is 16.0 Å². The molecule has 150 valence electrons. The lowest BCUT2D eigenvalue weighted by atomic mass is 10.1. The number of hydrogen-bond acceptors (Lipinski definition) is 3. The molecule has 0 unspecified atom stereocenters. The van der Waals surface area contributed by atoms with Crippen LogP contribution in [0.25, 0.3) is 0 Å². The standard InChI is InChI=1S/C22H30N4O2/c1-5-26(6-2)15-20(27)25-21-16(3)12-13-19(17(21)4)24-22(28)23-14-18-10-8-7-9-11-18/h7-13H,5-6,14-15H2,1-4H3,(H,25,27)(H2,23,24,28). The van der Waals surface area contributed by atoms with Crippen molar-refractivity contribution in [1.29, 1.82) is 0 Å². The lowest BCUT2D eigenvalue weighted by Crippen LogP contribution is -2.33. The summed E-state index contributed by atoms with van der Waals surface area (Å²) < 4.78 is 0. The van der Waals surface area contributed by atoms with Crippen LogP contribution in [0.3, 0.4) is 0 Å². The number of anilines is 2. The second-order valence-electron chi connectivity index (χ2n) is 6.73. The third-order valence-electron chi connectivity index (χ3n) is 4.74. The fraction of sp³-hybridized carbons (Fsp3) is 0.364. The van der Waals surface area contributed by atoms with Crippen molar-refractivity contribution in [2.24, 2.45) is 0 Å². The van der Waals surface area contributed by atoms with E-state index in [1.807, 2.05) is 70.2 Å². The van der Waals surface area contributed by atoms with E-state index in [-0.39, 0.29) is 11.9 Å². The van der Waals surface area contributed by atoms with Gasteiger partial charge in [0.25, 0.3) is 0 Å². The molecule has 2 aromatic carbocycles. The largest absolute Gasteiger partial charge is 0.334 e. The maximum atomic E-state index is 12.4. The van der Waals surface area contributed by atoms with Gasteiger partial charge in [-0.2, -0.15) is 0 Å². The Kier molecular flexibility index (Phi) is 8.02. The molecule has 0 aliphatic carbocycles. The molecule has 6 heteroatoms. The number of carbonyl (C=O) groups excluding carboxylic acids is 2. The van der Waals surface area contributed by atoms with E-state index in [2.05, 4.69) is 20.9 Å². The van der Waals surface area contributed by atoms with Gasteiger partial charge in [0.05, 0.1) is 6.54 Å². The van der Waals surface area contributed by atoms with Crippen LogP contribution in [-0.4, -0.2) is 36.5 Å². The Bertz CT molecular complexity index is 802. The van der Waals surface area contributed by atoms with Crippen molar-refractivity contribution >= 4 is 23.3 Å². The molecular weight excluding hydrogens is 352 g/mol. The number of urea groups is 1. The summed E-state index contributed by atoms with van der Waals surface area (Å²) in [5, 5.41) is 8.72. The van der Waals surface area contributed by atoms with Gasteiger partial charge in [0.15, 0.2) is 0 Å². The van der Waals surface area contributed by atoms with E-state index in [9.17, 15) is 9.59 Å². The van der Waals surface area contributed by atoms with Crippen molar-refractivity contribution in [3.8, 4) is 0 Å². The topological polar surface area (TPSA) is 73.5 Å². The van der Waals surface area contributed by atoms with Gasteiger partial charge in [0, 0.05) is 17.9 Å². The zero-order valence-corrected chi connectivity index (χ0v) is 17.1. The number of aryl methyl sites for hydroxylation is 1. The number of hydrogen-bond donors (Lipinski definition) is 3. The summed E-state index contributed by atoms with van der Waals surface area (Å²) in [7, 11) is 0. The molecule has 28 heavy (non-hydrogen) atoms. The van der Waals surface area contributed by atoms with E-state index < -0.39 is 0 Å². The van der Waals surface area contributed by atoms with Crippen LogP contribution in [0, 0.1) is 13.8 Å². The van der Waals surface area contributed by atoms with Crippen LogP contribution in [0.2, 0.25) is 0 Å². The Morgan fingerprint density at radius 3 is 2.25 bits per heavy atom. The number of amides is 3. The van der Waals surface area contributed by atoms with Gasteiger partial charge in [0.2, 0.25) is 5.91 Å². The Morgan fingerprint density at radius 2 is 1.61 bits per heavy atom. The molecule has 0 aliphatic rings. The molecule has 0 atom stereocenters. The van der Waals surface area contributed by atoms with E-state index in [1.165, 1.54) is 0 Å². The van der Waals surface area contributed by atoms with Crippen molar-refractivity contribution < 1.29 is 9.59 Å². The molecule has 0 radical (unpaired) electrons. The van der Waals surface area contributed by atoms with Crippen molar-refractivity contribution in [3.63, 3.8) is 0 Å². The smallest absolute Gasteiger partial charge is 0.319 e. The van der Waals surface area contributed by atoms with Crippen molar-refractivity contribution in [3.05, 3.63) is 59.2 Å². The lowest BCUT2D eigenvalue weighted by Gasteiger charge is -2.20. The van der Waals surface area contributed by atoms with Gasteiger partial charge in [-0.1, -0.05) is 50.2 Å². The summed E-state index contributed by atoms with van der Waals surface area (Å²) in [6, 6.07) is 13.2. The van der Waals surface area contributed by atoms with Crippen LogP contribution in [-0.2, 0) is 11.3 Å². The molecule has 0 aromatic heterocycles. The highest BCUT2D eigenvalue weighted by molar-refractivity contribution is 5.97. The fourth-order valence-electron chi connectivity index (χ4n) is 2.95. The van der Waals surface area contributed by atoms with Crippen LogP contribution in [0.5, 0.6) is 0 Å². The molecule has 0 fully saturated rings. The summed E-state index contributed by atoms with van der Waals surface area (Å²) in [5.41, 5.74) is 4.25. The van der Waals surface area contributed by atoms with Crippen LogP contribution < -0.4 is 16.0 Å². The summed E-state index contributed by atoms with van der Waals surface area (Å²) in [6.45, 7) is 10.4. The molecule has 2 aromatic rings.